The normalized spacial score (nSPS) is 13.5. The molecule has 1 amide bonds. The van der Waals surface area contributed by atoms with Gasteiger partial charge in [0, 0.05) is 35.8 Å². The maximum atomic E-state index is 16.0. The van der Waals surface area contributed by atoms with Gasteiger partial charge in [0.25, 0.3) is 5.91 Å². The molecule has 0 saturated heterocycles. The molecular formula is C38H37ClFN3O4. The van der Waals surface area contributed by atoms with Crippen LogP contribution < -0.4 is 4.74 Å². The lowest BCUT2D eigenvalue weighted by atomic mass is 9.94. The molecule has 1 aliphatic rings. The van der Waals surface area contributed by atoms with Crippen molar-refractivity contribution in [3.63, 3.8) is 0 Å². The van der Waals surface area contributed by atoms with Gasteiger partial charge in [-0.1, -0.05) is 49.1 Å². The van der Waals surface area contributed by atoms with E-state index in [0.717, 1.165) is 54.3 Å². The first-order chi connectivity index (χ1) is 22.8. The van der Waals surface area contributed by atoms with Gasteiger partial charge in [0.2, 0.25) is 0 Å². The van der Waals surface area contributed by atoms with E-state index in [1.165, 1.54) is 6.07 Å². The van der Waals surface area contributed by atoms with Gasteiger partial charge in [0.05, 0.1) is 22.2 Å². The highest BCUT2D eigenvalue weighted by atomic mass is 35.5. The molecule has 1 saturated carbocycles. The number of halogens is 2. The molecule has 6 rings (SSSR count). The number of rotatable bonds is 10. The highest BCUT2D eigenvalue weighted by Crippen LogP contribution is 2.38. The number of hydrogen-bond acceptors (Lipinski definition) is 4. The summed E-state index contributed by atoms with van der Waals surface area (Å²) >= 11 is 6.14. The van der Waals surface area contributed by atoms with Crippen LogP contribution in [0.3, 0.4) is 0 Å². The number of imidazole rings is 1. The van der Waals surface area contributed by atoms with Crippen molar-refractivity contribution in [1.29, 1.82) is 0 Å². The summed E-state index contributed by atoms with van der Waals surface area (Å²) in [4.78, 5) is 31.4. The molecule has 0 atom stereocenters. The van der Waals surface area contributed by atoms with Crippen molar-refractivity contribution in [2.24, 2.45) is 0 Å². The predicted molar refractivity (Wildman–Crippen MR) is 183 cm³/mol. The zero-order valence-electron chi connectivity index (χ0n) is 26.5. The molecule has 5 aromatic rings. The number of amides is 1. The minimum atomic E-state index is -1.03. The summed E-state index contributed by atoms with van der Waals surface area (Å²) in [5.41, 5.74) is 4.93. The standard InChI is InChI=1S/C38H37ClFN3O4/c1-3-42(4-2)37(44)25-12-17-31(24-10-14-28(39)15-11-24)27(20-25)23-47-30-16-18-32(33(40)22-30)36-41-34-21-26(38(45)46)13-19-35(34)43(36)29-8-6-5-7-9-29/h10-22,29H,3-9,23H2,1-2H3,(H,45,46). The van der Waals surface area contributed by atoms with E-state index in [1.807, 2.05) is 56.3 Å². The lowest BCUT2D eigenvalue weighted by Gasteiger charge is -2.25. The summed E-state index contributed by atoms with van der Waals surface area (Å²) in [5.74, 6) is -0.772. The van der Waals surface area contributed by atoms with Crippen molar-refractivity contribution in [3.05, 3.63) is 106 Å². The summed E-state index contributed by atoms with van der Waals surface area (Å²) < 4.78 is 24.2. The van der Waals surface area contributed by atoms with Gasteiger partial charge in [-0.3, -0.25) is 4.79 Å². The lowest BCUT2D eigenvalue weighted by Crippen LogP contribution is -2.30. The fraction of sp³-hybridized carbons (Fsp3) is 0.289. The van der Waals surface area contributed by atoms with Gasteiger partial charge in [-0.15, -0.1) is 0 Å². The van der Waals surface area contributed by atoms with Crippen LogP contribution in [0.5, 0.6) is 5.75 Å². The molecule has 9 heteroatoms. The largest absolute Gasteiger partial charge is 0.489 e. The molecule has 1 N–H and O–H groups in total. The minimum absolute atomic E-state index is 0.0642. The number of aromatic carboxylic acids is 1. The number of nitrogens with zero attached hydrogens (tertiary/aromatic N) is 3. The van der Waals surface area contributed by atoms with Crippen molar-refractivity contribution >= 4 is 34.5 Å². The van der Waals surface area contributed by atoms with E-state index >= 15 is 4.39 Å². The van der Waals surface area contributed by atoms with Crippen LogP contribution in [0.15, 0.2) is 78.9 Å². The monoisotopic (exact) mass is 653 g/mol. The smallest absolute Gasteiger partial charge is 0.335 e. The second-order valence-corrected chi connectivity index (χ2v) is 12.3. The molecule has 1 aliphatic carbocycles. The third-order valence-electron chi connectivity index (χ3n) is 9.01. The Morgan fingerprint density at radius 3 is 2.30 bits per heavy atom. The number of benzene rings is 4. The van der Waals surface area contributed by atoms with Crippen LogP contribution in [-0.4, -0.2) is 44.5 Å². The Hall–Kier alpha value is -4.69. The maximum absolute atomic E-state index is 16.0. The number of carboxylic acid groups (broad SMARTS) is 1. The van der Waals surface area contributed by atoms with Crippen LogP contribution >= 0.6 is 11.6 Å². The molecule has 1 fully saturated rings. The number of carboxylic acids is 1. The second-order valence-electron chi connectivity index (χ2n) is 11.9. The highest BCUT2D eigenvalue weighted by molar-refractivity contribution is 6.30. The van der Waals surface area contributed by atoms with Crippen LogP contribution in [0.4, 0.5) is 4.39 Å². The molecule has 47 heavy (non-hydrogen) atoms. The molecule has 0 radical (unpaired) electrons. The van der Waals surface area contributed by atoms with Gasteiger partial charge in [-0.05, 0) is 98.0 Å². The zero-order chi connectivity index (χ0) is 33.1. The summed E-state index contributed by atoms with van der Waals surface area (Å²) in [6.45, 7) is 5.20. The number of carbonyl (C=O) groups excluding carboxylic acids is 1. The molecular weight excluding hydrogens is 617 g/mol. The minimum Gasteiger partial charge on any atom is -0.489 e. The number of carbonyl (C=O) groups is 2. The molecule has 4 aromatic carbocycles. The lowest BCUT2D eigenvalue weighted by molar-refractivity contribution is 0.0696. The summed E-state index contributed by atoms with van der Waals surface area (Å²) in [5, 5.41) is 10.2. The van der Waals surface area contributed by atoms with Crippen LogP contribution in [-0.2, 0) is 6.61 Å². The van der Waals surface area contributed by atoms with Gasteiger partial charge in [0.15, 0.2) is 0 Å². The van der Waals surface area contributed by atoms with E-state index in [1.54, 1.807) is 35.2 Å². The Kier molecular flexibility index (Phi) is 9.59. The number of aromatic nitrogens is 2. The average molecular weight is 654 g/mol. The molecule has 0 unspecified atom stereocenters. The first-order valence-corrected chi connectivity index (χ1v) is 16.5. The van der Waals surface area contributed by atoms with E-state index in [0.29, 0.717) is 46.3 Å². The molecule has 242 valence electrons. The van der Waals surface area contributed by atoms with Crippen molar-refractivity contribution in [3.8, 4) is 28.3 Å². The first-order valence-electron chi connectivity index (χ1n) is 16.1. The summed E-state index contributed by atoms with van der Waals surface area (Å²) in [6, 6.07) is 22.8. The van der Waals surface area contributed by atoms with Gasteiger partial charge >= 0.3 is 5.97 Å². The Morgan fingerprint density at radius 2 is 1.62 bits per heavy atom. The van der Waals surface area contributed by atoms with E-state index in [4.69, 9.17) is 21.3 Å². The van der Waals surface area contributed by atoms with E-state index in [2.05, 4.69) is 4.57 Å². The van der Waals surface area contributed by atoms with Gasteiger partial charge in [-0.2, -0.15) is 0 Å². The fourth-order valence-electron chi connectivity index (χ4n) is 6.51. The first kappa shape index (κ1) is 32.3. The maximum Gasteiger partial charge on any atom is 0.335 e. The predicted octanol–water partition coefficient (Wildman–Crippen LogP) is 9.43. The summed E-state index contributed by atoms with van der Waals surface area (Å²) in [6.07, 6.45) is 5.22. The van der Waals surface area contributed by atoms with Gasteiger partial charge < -0.3 is 19.3 Å². The summed E-state index contributed by atoms with van der Waals surface area (Å²) in [7, 11) is 0. The Bertz CT molecular complexity index is 1930. The third kappa shape index (κ3) is 6.74. The van der Waals surface area contributed by atoms with Crippen molar-refractivity contribution in [1.82, 2.24) is 14.5 Å². The quantitative estimate of drug-likeness (QED) is 0.162. The van der Waals surface area contributed by atoms with Gasteiger partial charge in [-0.25, -0.2) is 14.2 Å². The van der Waals surface area contributed by atoms with Crippen molar-refractivity contribution in [2.75, 3.05) is 13.1 Å². The van der Waals surface area contributed by atoms with Crippen LogP contribution in [0.25, 0.3) is 33.5 Å². The van der Waals surface area contributed by atoms with Crippen LogP contribution in [0.2, 0.25) is 5.02 Å². The topological polar surface area (TPSA) is 84.7 Å². The van der Waals surface area contributed by atoms with E-state index < -0.39 is 11.8 Å². The van der Waals surface area contributed by atoms with Crippen molar-refractivity contribution in [2.45, 2.75) is 58.6 Å². The number of hydrogen-bond donors (Lipinski definition) is 1. The zero-order valence-corrected chi connectivity index (χ0v) is 27.3. The molecule has 1 aromatic heterocycles. The van der Waals surface area contributed by atoms with Crippen LogP contribution in [0.1, 0.15) is 78.3 Å². The Balaban J connectivity index is 1.33. The third-order valence-corrected chi connectivity index (χ3v) is 9.26. The van der Waals surface area contributed by atoms with E-state index in [9.17, 15) is 14.7 Å². The molecule has 7 nitrogen and oxygen atoms in total. The highest BCUT2D eigenvalue weighted by Gasteiger charge is 2.25. The number of ether oxygens (including phenoxy) is 1. The average Bonchev–Trinajstić information content (AvgIpc) is 3.47. The molecule has 0 spiro atoms. The van der Waals surface area contributed by atoms with E-state index in [-0.39, 0.29) is 24.1 Å². The molecule has 1 heterocycles. The van der Waals surface area contributed by atoms with Gasteiger partial charge in [0.1, 0.15) is 24.0 Å². The SMILES string of the molecule is CCN(CC)C(=O)c1ccc(-c2ccc(Cl)cc2)c(COc2ccc(-c3nc4cc(C(=O)O)ccc4n3C3CCCCC3)c(F)c2)c1. The van der Waals surface area contributed by atoms with Crippen LogP contribution in [0, 0.1) is 5.82 Å². The Labute approximate surface area is 278 Å². The molecule has 0 aliphatic heterocycles. The van der Waals surface area contributed by atoms with Crippen molar-refractivity contribution < 1.29 is 23.8 Å². The molecule has 0 bridgehead atoms. The number of fused-ring (bicyclic) bond motifs is 1. The fourth-order valence-corrected chi connectivity index (χ4v) is 6.64. The Morgan fingerprint density at radius 1 is 0.915 bits per heavy atom. The second kappa shape index (κ2) is 14.0.